The summed E-state index contributed by atoms with van der Waals surface area (Å²) in [4.78, 5) is 23.5. The molecule has 0 aliphatic carbocycles. The molecule has 0 radical (unpaired) electrons. The number of nitro benzene ring substituents is 1. The highest BCUT2D eigenvalue weighted by Crippen LogP contribution is 2.24. The molecule has 1 aliphatic rings. The number of nitrogens with zero attached hydrogens (tertiary/aromatic N) is 2. The average molecular weight is 282 g/mol. The number of β-amino-alcohol motifs (C(OH)–C–C–N with tert-alkyl or cyclic N) is 1. The number of carbonyl (C=O) groups is 1. The van der Waals surface area contributed by atoms with Gasteiger partial charge >= 0.3 is 5.69 Å². The van der Waals surface area contributed by atoms with Gasteiger partial charge in [0.05, 0.1) is 10.5 Å². The highest BCUT2D eigenvalue weighted by Gasteiger charge is 2.32. The van der Waals surface area contributed by atoms with Crippen LogP contribution < -0.4 is 0 Å². The van der Waals surface area contributed by atoms with Crippen molar-refractivity contribution in [1.82, 2.24) is 4.90 Å². The van der Waals surface area contributed by atoms with Gasteiger partial charge in [0, 0.05) is 24.7 Å². The molecule has 1 fully saturated rings. The quantitative estimate of drug-likeness (QED) is 0.661. The topological polar surface area (TPSA) is 83.7 Å². The first-order chi connectivity index (χ1) is 9.30. The van der Waals surface area contributed by atoms with Crippen molar-refractivity contribution in [3.8, 4) is 0 Å². The lowest BCUT2D eigenvalue weighted by Crippen LogP contribution is -2.48. The van der Waals surface area contributed by atoms with Crippen LogP contribution in [0.3, 0.4) is 0 Å². The first-order valence-corrected chi connectivity index (χ1v) is 6.26. The molecule has 6 nitrogen and oxygen atoms in total. The molecule has 0 aromatic heterocycles. The number of piperidine rings is 1. The standard InChI is InChI=1S/C13H15FN2O4/c1-13(18)5-2-6-15(8-13)12(17)9-3-4-10(14)11(7-9)16(19)20/h3-4,7,18H,2,5-6,8H2,1H3. The van der Waals surface area contributed by atoms with E-state index in [9.17, 15) is 24.4 Å². The van der Waals surface area contributed by atoms with Gasteiger partial charge in [0.2, 0.25) is 5.82 Å². The first-order valence-electron chi connectivity index (χ1n) is 6.26. The van der Waals surface area contributed by atoms with E-state index >= 15 is 0 Å². The minimum atomic E-state index is -0.975. The Hall–Kier alpha value is -2.02. The maximum atomic E-state index is 13.2. The Morgan fingerprint density at radius 1 is 1.55 bits per heavy atom. The van der Waals surface area contributed by atoms with E-state index in [-0.39, 0.29) is 12.1 Å². The number of amides is 1. The Bertz CT molecular complexity index is 559. The summed E-state index contributed by atoms with van der Waals surface area (Å²) >= 11 is 0. The van der Waals surface area contributed by atoms with Crippen LogP contribution in [0.25, 0.3) is 0 Å². The van der Waals surface area contributed by atoms with Crippen molar-refractivity contribution in [3.63, 3.8) is 0 Å². The Kier molecular flexibility index (Phi) is 3.71. The van der Waals surface area contributed by atoms with Crippen molar-refractivity contribution < 1.29 is 19.2 Å². The molecule has 1 amide bonds. The molecule has 1 aliphatic heterocycles. The summed E-state index contributed by atoms with van der Waals surface area (Å²) in [6.07, 6.45) is 1.25. The van der Waals surface area contributed by atoms with Crippen LogP contribution in [0.4, 0.5) is 10.1 Å². The Morgan fingerprint density at radius 2 is 2.25 bits per heavy atom. The fourth-order valence-corrected chi connectivity index (χ4v) is 2.36. The number of rotatable bonds is 2. The largest absolute Gasteiger partial charge is 0.388 e. The lowest BCUT2D eigenvalue weighted by atomic mass is 9.94. The number of hydrogen-bond donors (Lipinski definition) is 1. The van der Waals surface area contributed by atoms with Gasteiger partial charge in [0.15, 0.2) is 0 Å². The van der Waals surface area contributed by atoms with Crippen molar-refractivity contribution in [2.24, 2.45) is 0 Å². The third-order valence-electron chi connectivity index (χ3n) is 3.35. The summed E-state index contributed by atoms with van der Waals surface area (Å²) in [7, 11) is 0. The molecule has 1 N–H and O–H groups in total. The minimum Gasteiger partial charge on any atom is -0.388 e. The monoisotopic (exact) mass is 282 g/mol. The van der Waals surface area contributed by atoms with Crippen LogP contribution >= 0.6 is 0 Å². The number of carbonyl (C=O) groups excluding carboxylic acids is 1. The van der Waals surface area contributed by atoms with Gasteiger partial charge in [-0.25, -0.2) is 0 Å². The van der Waals surface area contributed by atoms with Crippen LogP contribution in [0.15, 0.2) is 18.2 Å². The zero-order valence-corrected chi connectivity index (χ0v) is 11.0. The minimum absolute atomic E-state index is 0.0517. The second-order valence-electron chi connectivity index (χ2n) is 5.25. The molecule has 108 valence electrons. The summed E-state index contributed by atoms with van der Waals surface area (Å²) in [5.41, 5.74) is -1.63. The molecule has 1 aromatic carbocycles. The van der Waals surface area contributed by atoms with Crippen molar-refractivity contribution >= 4 is 11.6 Å². The molecule has 2 rings (SSSR count). The third kappa shape index (κ3) is 2.93. The van der Waals surface area contributed by atoms with E-state index in [1.165, 1.54) is 11.0 Å². The molecule has 0 saturated carbocycles. The predicted octanol–water partition coefficient (Wildman–Crippen LogP) is 1.72. The smallest absolute Gasteiger partial charge is 0.305 e. The lowest BCUT2D eigenvalue weighted by molar-refractivity contribution is -0.387. The highest BCUT2D eigenvalue weighted by molar-refractivity contribution is 5.95. The number of hydrogen-bond acceptors (Lipinski definition) is 4. The van der Waals surface area contributed by atoms with Gasteiger partial charge in [-0.3, -0.25) is 14.9 Å². The molecule has 7 heteroatoms. The maximum absolute atomic E-state index is 13.2. The van der Waals surface area contributed by atoms with E-state index in [1.54, 1.807) is 6.92 Å². The lowest BCUT2D eigenvalue weighted by Gasteiger charge is -2.36. The molecule has 1 aromatic rings. The zero-order chi connectivity index (χ0) is 14.9. The summed E-state index contributed by atoms with van der Waals surface area (Å²) in [6, 6.07) is 3.06. The molecule has 1 heterocycles. The molecular weight excluding hydrogens is 267 g/mol. The highest BCUT2D eigenvalue weighted by atomic mass is 19.1. The third-order valence-corrected chi connectivity index (χ3v) is 3.35. The summed E-state index contributed by atoms with van der Waals surface area (Å²) in [5.74, 6) is -1.41. The molecule has 1 atom stereocenters. The van der Waals surface area contributed by atoms with Gasteiger partial charge in [-0.05, 0) is 31.9 Å². The van der Waals surface area contributed by atoms with Gasteiger partial charge in [-0.15, -0.1) is 0 Å². The van der Waals surface area contributed by atoms with E-state index in [2.05, 4.69) is 0 Å². The molecule has 0 spiro atoms. The normalized spacial score (nSPS) is 22.6. The van der Waals surface area contributed by atoms with Crippen molar-refractivity contribution in [3.05, 3.63) is 39.7 Å². The van der Waals surface area contributed by atoms with Gasteiger partial charge < -0.3 is 10.0 Å². The van der Waals surface area contributed by atoms with Gasteiger partial charge in [-0.2, -0.15) is 4.39 Å². The fraction of sp³-hybridized carbons (Fsp3) is 0.462. The van der Waals surface area contributed by atoms with Crippen LogP contribution in [0.5, 0.6) is 0 Å². The van der Waals surface area contributed by atoms with Crippen LogP contribution in [0, 0.1) is 15.9 Å². The second-order valence-corrected chi connectivity index (χ2v) is 5.25. The van der Waals surface area contributed by atoms with Gasteiger partial charge in [-0.1, -0.05) is 0 Å². The van der Waals surface area contributed by atoms with Crippen LogP contribution in [-0.2, 0) is 0 Å². The number of likely N-dealkylation sites (tertiary alicyclic amines) is 1. The number of benzene rings is 1. The van der Waals surface area contributed by atoms with Crippen LogP contribution in [-0.4, -0.2) is 39.5 Å². The maximum Gasteiger partial charge on any atom is 0.305 e. The molecule has 1 saturated heterocycles. The van der Waals surface area contributed by atoms with E-state index < -0.39 is 27.9 Å². The molecular formula is C13H15FN2O4. The van der Waals surface area contributed by atoms with Crippen molar-refractivity contribution in [2.45, 2.75) is 25.4 Å². The fourth-order valence-electron chi connectivity index (χ4n) is 2.36. The number of halogens is 1. The Labute approximate surface area is 115 Å². The zero-order valence-electron chi connectivity index (χ0n) is 11.0. The second kappa shape index (κ2) is 5.16. The van der Waals surface area contributed by atoms with Crippen LogP contribution in [0.1, 0.15) is 30.1 Å². The van der Waals surface area contributed by atoms with Crippen molar-refractivity contribution in [2.75, 3.05) is 13.1 Å². The Balaban J connectivity index is 2.25. The summed E-state index contributed by atoms with van der Waals surface area (Å²) in [5, 5.41) is 20.6. The van der Waals surface area contributed by atoms with Gasteiger partial charge in [0.1, 0.15) is 0 Å². The van der Waals surface area contributed by atoms with E-state index in [4.69, 9.17) is 0 Å². The summed E-state index contributed by atoms with van der Waals surface area (Å²) < 4.78 is 13.2. The molecule has 20 heavy (non-hydrogen) atoms. The molecule has 0 bridgehead atoms. The molecule has 1 unspecified atom stereocenters. The number of aliphatic hydroxyl groups is 1. The van der Waals surface area contributed by atoms with Crippen LogP contribution in [0.2, 0.25) is 0 Å². The number of nitro groups is 1. The summed E-state index contributed by atoms with van der Waals surface area (Å²) in [6.45, 7) is 2.27. The SMILES string of the molecule is CC1(O)CCCN(C(=O)c2ccc(F)c([N+](=O)[O-])c2)C1. The van der Waals surface area contributed by atoms with E-state index in [0.717, 1.165) is 12.1 Å². The van der Waals surface area contributed by atoms with E-state index in [0.29, 0.717) is 19.4 Å². The first kappa shape index (κ1) is 14.4. The predicted molar refractivity (Wildman–Crippen MR) is 68.8 cm³/mol. The van der Waals surface area contributed by atoms with E-state index in [1.807, 2.05) is 0 Å². The Morgan fingerprint density at radius 3 is 2.85 bits per heavy atom. The van der Waals surface area contributed by atoms with Crippen molar-refractivity contribution in [1.29, 1.82) is 0 Å². The average Bonchev–Trinajstić information content (AvgIpc) is 2.37. The van der Waals surface area contributed by atoms with Gasteiger partial charge in [0.25, 0.3) is 5.91 Å².